The van der Waals surface area contributed by atoms with E-state index in [4.69, 9.17) is 0 Å². The summed E-state index contributed by atoms with van der Waals surface area (Å²) in [4.78, 5) is 16.7. The highest BCUT2D eigenvalue weighted by Gasteiger charge is 2.17. The molecule has 0 radical (unpaired) electrons. The number of anilines is 1. The van der Waals surface area contributed by atoms with Gasteiger partial charge in [0.15, 0.2) is 0 Å². The van der Waals surface area contributed by atoms with Gasteiger partial charge < -0.3 is 10.6 Å². The highest BCUT2D eigenvalue weighted by molar-refractivity contribution is 7.90. The quantitative estimate of drug-likeness (QED) is 0.630. The molecule has 0 aliphatic carbocycles. The number of carbonyl (C=O) groups is 1. The molecule has 7 nitrogen and oxygen atoms in total. The Hall–Kier alpha value is -2.71. The van der Waals surface area contributed by atoms with Crippen LogP contribution in [0, 0.1) is 0 Å². The van der Waals surface area contributed by atoms with Crippen LogP contribution in [0.2, 0.25) is 0 Å². The van der Waals surface area contributed by atoms with E-state index in [0.29, 0.717) is 24.5 Å². The van der Waals surface area contributed by atoms with Gasteiger partial charge in [-0.3, -0.25) is 14.5 Å². The van der Waals surface area contributed by atoms with Crippen LogP contribution in [0.3, 0.4) is 0 Å². The molecule has 0 spiro atoms. The summed E-state index contributed by atoms with van der Waals surface area (Å²) >= 11 is 0. The van der Waals surface area contributed by atoms with Crippen molar-refractivity contribution >= 4 is 27.5 Å². The van der Waals surface area contributed by atoms with Crippen LogP contribution in [-0.2, 0) is 14.8 Å². The van der Waals surface area contributed by atoms with Crippen LogP contribution in [0.4, 0.5) is 5.69 Å². The van der Waals surface area contributed by atoms with Crippen molar-refractivity contribution in [1.29, 1.82) is 0 Å². The second-order valence-electron chi connectivity index (χ2n) is 7.33. The van der Waals surface area contributed by atoms with Gasteiger partial charge in [0, 0.05) is 24.7 Å². The molecule has 2 aromatic rings. The first-order valence-electron chi connectivity index (χ1n) is 10.2. The Balaban J connectivity index is 1.53. The summed E-state index contributed by atoms with van der Waals surface area (Å²) < 4.78 is 27.7. The summed E-state index contributed by atoms with van der Waals surface area (Å²) in [5.41, 5.74) is 1.64. The van der Waals surface area contributed by atoms with E-state index in [0.717, 1.165) is 24.8 Å². The van der Waals surface area contributed by atoms with Gasteiger partial charge in [-0.2, -0.15) is 0 Å². The van der Waals surface area contributed by atoms with Crippen molar-refractivity contribution < 1.29 is 13.2 Å². The van der Waals surface area contributed by atoms with Crippen molar-refractivity contribution in [3.63, 3.8) is 0 Å². The number of benzene rings is 2. The lowest BCUT2D eigenvalue weighted by Crippen LogP contribution is -2.31. The van der Waals surface area contributed by atoms with Gasteiger partial charge in [0.25, 0.3) is 10.0 Å². The van der Waals surface area contributed by atoms with Crippen LogP contribution in [0.1, 0.15) is 44.2 Å². The van der Waals surface area contributed by atoms with Gasteiger partial charge in [-0.05, 0) is 49.6 Å². The van der Waals surface area contributed by atoms with Crippen LogP contribution >= 0.6 is 0 Å². The Kier molecular flexibility index (Phi) is 7.59. The molecule has 3 N–H and O–H groups in total. The summed E-state index contributed by atoms with van der Waals surface area (Å²) in [7, 11) is -3.68. The number of rotatable bonds is 7. The van der Waals surface area contributed by atoms with E-state index in [2.05, 4.69) is 20.3 Å². The Morgan fingerprint density at radius 1 is 1.03 bits per heavy atom. The average molecular weight is 429 g/mol. The first-order valence-corrected chi connectivity index (χ1v) is 11.7. The van der Waals surface area contributed by atoms with E-state index in [1.165, 1.54) is 12.1 Å². The van der Waals surface area contributed by atoms with Crippen LogP contribution in [-0.4, -0.2) is 33.3 Å². The molecule has 1 atom stereocenters. The summed E-state index contributed by atoms with van der Waals surface area (Å²) in [6.07, 6.45) is 3.62. The first-order chi connectivity index (χ1) is 14.4. The molecule has 160 valence electrons. The lowest BCUT2D eigenvalue weighted by Gasteiger charge is -2.14. The molecule has 1 heterocycles. The van der Waals surface area contributed by atoms with E-state index in [1.54, 1.807) is 12.1 Å². The lowest BCUT2D eigenvalue weighted by atomic mass is 10.1. The molecular formula is C22H28N4O3S. The van der Waals surface area contributed by atoms with E-state index in [-0.39, 0.29) is 23.4 Å². The summed E-state index contributed by atoms with van der Waals surface area (Å²) in [5.74, 6) is 0.322. The number of amides is 1. The minimum Gasteiger partial charge on any atom is -0.325 e. The molecule has 0 fully saturated rings. The number of nitrogens with zero attached hydrogens (tertiary/aromatic N) is 1. The topological polar surface area (TPSA) is 99.7 Å². The number of hydrogen-bond donors (Lipinski definition) is 3. The van der Waals surface area contributed by atoms with Gasteiger partial charge in [-0.1, -0.05) is 36.8 Å². The predicted molar refractivity (Wildman–Crippen MR) is 119 cm³/mol. The zero-order valence-electron chi connectivity index (χ0n) is 17.1. The maximum atomic E-state index is 12.6. The van der Waals surface area contributed by atoms with Crippen molar-refractivity contribution in [3.05, 3.63) is 60.2 Å². The molecule has 0 bridgehead atoms. The minimum atomic E-state index is -3.68. The number of carbonyl (C=O) groups excluding carboxylic acids is 1. The van der Waals surface area contributed by atoms with E-state index in [1.807, 2.05) is 37.3 Å². The van der Waals surface area contributed by atoms with Gasteiger partial charge in [0.05, 0.1) is 11.4 Å². The Bertz CT molecular complexity index is 973. The maximum absolute atomic E-state index is 12.6. The Labute approximate surface area is 178 Å². The second-order valence-corrected chi connectivity index (χ2v) is 9.01. The van der Waals surface area contributed by atoms with Crippen molar-refractivity contribution in [2.45, 2.75) is 43.5 Å². The van der Waals surface area contributed by atoms with Crippen LogP contribution in [0.5, 0.6) is 0 Å². The fourth-order valence-corrected chi connectivity index (χ4v) is 4.29. The fourth-order valence-electron chi connectivity index (χ4n) is 3.20. The smallest absolute Gasteiger partial charge is 0.262 e. The standard InChI is InChI=1S/C22H28N4O3S/c1-17(18-8-4-2-5-9-18)24-16-22(27)25-19-11-13-20(14-12-19)30(28,29)26-21-10-6-3-7-15-23-21/h2,4-5,8-9,11-14,17,24H,3,6-7,10,15-16H2,1H3,(H,23,26)(H,25,27)/t17-/m1/s1. The fraction of sp³-hybridized carbons (Fsp3) is 0.364. The molecular weight excluding hydrogens is 400 g/mol. The number of aliphatic imine (C=N–C) groups is 1. The third kappa shape index (κ3) is 6.40. The van der Waals surface area contributed by atoms with Gasteiger partial charge in [-0.25, -0.2) is 8.42 Å². The second kappa shape index (κ2) is 10.4. The van der Waals surface area contributed by atoms with Crippen molar-refractivity contribution in [2.75, 3.05) is 18.4 Å². The van der Waals surface area contributed by atoms with Gasteiger partial charge in [0.2, 0.25) is 5.91 Å². The van der Waals surface area contributed by atoms with Crippen LogP contribution in [0.15, 0.2) is 64.5 Å². The third-order valence-electron chi connectivity index (χ3n) is 4.94. The van der Waals surface area contributed by atoms with Crippen molar-refractivity contribution in [1.82, 2.24) is 10.0 Å². The Morgan fingerprint density at radius 3 is 2.50 bits per heavy atom. The van der Waals surface area contributed by atoms with E-state index in [9.17, 15) is 13.2 Å². The van der Waals surface area contributed by atoms with Gasteiger partial charge in [-0.15, -0.1) is 0 Å². The highest BCUT2D eigenvalue weighted by atomic mass is 32.2. The molecule has 1 amide bonds. The maximum Gasteiger partial charge on any atom is 0.262 e. The number of sulfonamides is 1. The molecule has 1 aliphatic heterocycles. The zero-order valence-corrected chi connectivity index (χ0v) is 17.9. The lowest BCUT2D eigenvalue weighted by molar-refractivity contribution is -0.115. The van der Waals surface area contributed by atoms with Crippen molar-refractivity contribution in [2.24, 2.45) is 4.99 Å². The monoisotopic (exact) mass is 428 g/mol. The van der Waals surface area contributed by atoms with E-state index < -0.39 is 10.0 Å². The van der Waals surface area contributed by atoms with Gasteiger partial charge in [0.1, 0.15) is 5.84 Å². The van der Waals surface area contributed by atoms with E-state index >= 15 is 0 Å². The molecule has 0 saturated carbocycles. The van der Waals surface area contributed by atoms with Crippen molar-refractivity contribution in [3.8, 4) is 0 Å². The molecule has 0 aromatic heterocycles. The number of hydrogen-bond acceptors (Lipinski definition) is 5. The predicted octanol–water partition coefficient (Wildman–Crippen LogP) is 3.23. The summed E-state index contributed by atoms with van der Waals surface area (Å²) in [5, 5.41) is 5.95. The Morgan fingerprint density at radius 2 is 1.77 bits per heavy atom. The molecule has 0 saturated heterocycles. The highest BCUT2D eigenvalue weighted by Crippen LogP contribution is 2.16. The number of amidine groups is 1. The summed E-state index contributed by atoms with van der Waals surface area (Å²) in [6, 6.07) is 16.1. The SMILES string of the molecule is C[C@@H](NCC(=O)Nc1ccc(S(=O)(=O)NC2=NCCCCC2)cc1)c1ccccc1. The minimum absolute atomic E-state index is 0.0439. The van der Waals surface area contributed by atoms with Crippen LogP contribution in [0.25, 0.3) is 0 Å². The average Bonchev–Trinajstić information content (AvgIpc) is 3.01. The molecule has 1 aliphatic rings. The largest absolute Gasteiger partial charge is 0.325 e. The molecule has 2 aromatic carbocycles. The zero-order chi connectivity index (χ0) is 21.4. The third-order valence-corrected chi connectivity index (χ3v) is 6.34. The molecule has 0 unspecified atom stereocenters. The summed E-state index contributed by atoms with van der Waals surface area (Å²) in [6.45, 7) is 2.80. The normalized spacial score (nSPS) is 15.6. The van der Waals surface area contributed by atoms with Crippen LogP contribution < -0.4 is 15.4 Å². The molecule has 30 heavy (non-hydrogen) atoms. The first kappa shape index (κ1) is 22.0. The molecule has 3 rings (SSSR count). The molecule has 8 heteroatoms. The van der Waals surface area contributed by atoms with Gasteiger partial charge >= 0.3 is 0 Å². The number of nitrogens with one attached hydrogen (secondary N) is 3.